The normalized spacial score (nSPS) is 23.5. The Bertz CT molecular complexity index is 500. The zero-order chi connectivity index (χ0) is 14.7. The van der Waals surface area contributed by atoms with Crippen LogP contribution in [0.1, 0.15) is 49.0 Å². The Morgan fingerprint density at radius 2 is 2.20 bits per heavy atom. The molecular weight excluding hydrogens is 276 g/mol. The second-order valence-electron chi connectivity index (χ2n) is 5.23. The molecule has 0 bridgehead atoms. The molecule has 1 aliphatic carbocycles. The lowest BCUT2D eigenvalue weighted by atomic mass is 9.95. The van der Waals surface area contributed by atoms with Crippen molar-refractivity contribution in [2.75, 3.05) is 0 Å². The third kappa shape index (κ3) is 3.17. The lowest BCUT2D eigenvalue weighted by molar-refractivity contribution is -0.146. The number of aromatic nitrogens is 1. The number of hydrogen-bond acceptors (Lipinski definition) is 4. The number of aryl methyl sites for hydroxylation is 1. The summed E-state index contributed by atoms with van der Waals surface area (Å²) in [6, 6.07) is -0.164. The van der Waals surface area contributed by atoms with Gasteiger partial charge in [0.25, 0.3) is 0 Å². The standard InChI is InChI=1S/C14H20N2O3S/c1-3-9-7-15-13(20-9)8(2)16-12(17)10-5-4-6-11(10)14(18)19/h7-8,10-11H,3-6H2,1-2H3,(H,16,17)(H,18,19). The molecule has 1 aliphatic rings. The van der Waals surface area contributed by atoms with Gasteiger partial charge >= 0.3 is 5.97 Å². The Kier molecular flexibility index (Phi) is 4.75. The molecule has 3 atom stereocenters. The van der Waals surface area contributed by atoms with Gasteiger partial charge in [-0.05, 0) is 26.2 Å². The first-order valence-corrected chi connectivity index (χ1v) is 7.82. The number of carboxylic acids is 1. The fraction of sp³-hybridized carbons (Fsp3) is 0.643. The molecule has 0 radical (unpaired) electrons. The van der Waals surface area contributed by atoms with Crippen molar-refractivity contribution in [3.63, 3.8) is 0 Å². The summed E-state index contributed by atoms with van der Waals surface area (Å²) in [5, 5.41) is 12.9. The van der Waals surface area contributed by atoms with E-state index in [1.807, 2.05) is 13.1 Å². The van der Waals surface area contributed by atoms with Gasteiger partial charge in [-0.15, -0.1) is 11.3 Å². The van der Waals surface area contributed by atoms with E-state index in [9.17, 15) is 9.59 Å². The van der Waals surface area contributed by atoms with Gasteiger partial charge in [0.15, 0.2) is 0 Å². The fourth-order valence-electron chi connectivity index (χ4n) is 2.64. The van der Waals surface area contributed by atoms with E-state index in [0.29, 0.717) is 12.8 Å². The molecule has 2 rings (SSSR count). The molecule has 1 fully saturated rings. The summed E-state index contributed by atoms with van der Waals surface area (Å²) in [6.45, 7) is 3.96. The van der Waals surface area contributed by atoms with Crippen molar-refractivity contribution in [1.82, 2.24) is 10.3 Å². The van der Waals surface area contributed by atoms with Crippen LogP contribution < -0.4 is 5.32 Å². The fourth-order valence-corrected chi connectivity index (χ4v) is 3.50. The minimum Gasteiger partial charge on any atom is -0.481 e. The predicted octanol–water partition coefficient (Wildman–Crippen LogP) is 2.38. The molecular formula is C14H20N2O3S. The highest BCUT2D eigenvalue weighted by Gasteiger charge is 2.38. The van der Waals surface area contributed by atoms with Crippen molar-refractivity contribution in [1.29, 1.82) is 0 Å². The molecule has 1 amide bonds. The highest BCUT2D eigenvalue weighted by molar-refractivity contribution is 7.11. The van der Waals surface area contributed by atoms with Crippen molar-refractivity contribution < 1.29 is 14.7 Å². The minimum absolute atomic E-state index is 0.157. The molecule has 0 spiro atoms. The van der Waals surface area contributed by atoms with Crippen LogP contribution in [0.15, 0.2) is 6.20 Å². The number of carbonyl (C=O) groups excluding carboxylic acids is 1. The average Bonchev–Trinajstić information content (AvgIpc) is 3.07. The van der Waals surface area contributed by atoms with Gasteiger partial charge in [0, 0.05) is 11.1 Å². The zero-order valence-electron chi connectivity index (χ0n) is 11.8. The van der Waals surface area contributed by atoms with E-state index in [2.05, 4.69) is 17.2 Å². The first kappa shape index (κ1) is 15.0. The van der Waals surface area contributed by atoms with Crippen LogP contribution in [-0.4, -0.2) is 22.0 Å². The van der Waals surface area contributed by atoms with E-state index >= 15 is 0 Å². The van der Waals surface area contributed by atoms with Gasteiger partial charge < -0.3 is 10.4 Å². The molecule has 0 aliphatic heterocycles. The molecule has 6 heteroatoms. The van der Waals surface area contributed by atoms with Gasteiger partial charge in [-0.2, -0.15) is 0 Å². The van der Waals surface area contributed by atoms with Crippen molar-refractivity contribution in [2.24, 2.45) is 11.8 Å². The monoisotopic (exact) mass is 296 g/mol. The second kappa shape index (κ2) is 6.35. The van der Waals surface area contributed by atoms with E-state index in [1.54, 1.807) is 11.3 Å². The lowest BCUT2D eigenvalue weighted by Crippen LogP contribution is -2.36. The number of carbonyl (C=O) groups is 2. The molecule has 3 unspecified atom stereocenters. The van der Waals surface area contributed by atoms with Crippen molar-refractivity contribution in [3.8, 4) is 0 Å². The van der Waals surface area contributed by atoms with Crippen LogP contribution in [0.4, 0.5) is 0 Å². The molecule has 1 saturated carbocycles. The Morgan fingerprint density at radius 1 is 1.50 bits per heavy atom. The average molecular weight is 296 g/mol. The Hall–Kier alpha value is -1.43. The van der Waals surface area contributed by atoms with Gasteiger partial charge in [0.1, 0.15) is 5.01 Å². The maximum atomic E-state index is 12.2. The molecule has 0 saturated heterocycles. The Labute approximate surface area is 122 Å². The molecule has 2 N–H and O–H groups in total. The van der Waals surface area contributed by atoms with E-state index in [1.165, 1.54) is 4.88 Å². The summed E-state index contributed by atoms with van der Waals surface area (Å²) in [6.07, 6.45) is 4.83. The first-order chi connectivity index (χ1) is 9.52. The quantitative estimate of drug-likeness (QED) is 0.874. The lowest BCUT2D eigenvalue weighted by Gasteiger charge is -2.18. The SMILES string of the molecule is CCc1cnc(C(C)NC(=O)C2CCCC2C(=O)O)s1. The van der Waals surface area contributed by atoms with Crippen LogP contribution >= 0.6 is 11.3 Å². The van der Waals surface area contributed by atoms with Crippen LogP contribution in [0, 0.1) is 11.8 Å². The van der Waals surface area contributed by atoms with Gasteiger partial charge in [0.05, 0.1) is 17.9 Å². The number of hydrogen-bond donors (Lipinski definition) is 2. The Morgan fingerprint density at radius 3 is 2.80 bits per heavy atom. The van der Waals surface area contributed by atoms with Crippen LogP contribution in [0.3, 0.4) is 0 Å². The molecule has 110 valence electrons. The third-order valence-electron chi connectivity index (χ3n) is 3.82. The summed E-state index contributed by atoms with van der Waals surface area (Å²) >= 11 is 1.59. The zero-order valence-corrected chi connectivity index (χ0v) is 12.6. The summed E-state index contributed by atoms with van der Waals surface area (Å²) in [4.78, 5) is 28.8. The van der Waals surface area contributed by atoms with E-state index in [0.717, 1.165) is 17.8 Å². The van der Waals surface area contributed by atoms with Crippen molar-refractivity contribution in [2.45, 2.75) is 45.6 Å². The largest absolute Gasteiger partial charge is 0.481 e. The van der Waals surface area contributed by atoms with Gasteiger partial charge in [-0.1, -0.05) is 13.3 Å². The molecule has 1 aromatic heterocycles. The number of nitrogens with one attached hydrogen (secondary N) is 1. The van der Waals surface area contributed by atoms with E-state index in [4.69, 9.17) is 5.11 Å². The van der Waals surface area contributed by atoms with Crippen molar-refractivity contribution >= 4 is 23.2 Å². The number of amides is 1. The minimum atomic E-state index is -0.863. The second-order valence-corrected chi connectivity index (χ2v) is 6.38. The van der Waals surface area contributed by atoms with Gasteiger partial charge in [-0.3, -0.25) is 9.59 Å². The van der Waals surface area contributed by atoms with Gasteiger partial charge in [-0.25, -0.2) is 4.98 Å². The number of thiazole rings is 1. The van der Waals surface area contributed by atoms with Crippen LogP contribution in [0.2, 0.25) is 0 Å². The topological polar surface area (TPSA) is 79.3 Å². The Balaban J connectivity index is 1.98. The number of carboxylic acid groups (broad SMARTS) is 1. The maximum absolute atomic E-state index is 12.2. The predicted molar refractivity (Wildman–Crippen MR) is 76.5 cm³/mol. The van der Waals surface area contributed by atoms with Gasteiger partial charge in [0.2, 0.25) is 5.91 Å². The molecule has 1 aromatic rings. The highest BCUT2D eigenvalue weighted by atomic mass is 32.1. The molecule has 0 aromatic carbocycles. The number of aliphatic carboxylic acids is 1. The number of nitrogens with zero attached hydrogens (tertiary/aromatic N) is 1. The summed E-state index contributed by atoms with van der Waals surface area (Å²) < 4.78 is 0. The smallest absolute Gasteiger partial charge is 0.307 e. The maximum Gasteiger partial charge on any atom is 0.307 e. The van der Waals surface area contributed by atoms with E-state index < -0.39 is 17.8 Å². The van der Waals surface area contributed by atoms with E-state index in [-0.39, 0.29) is 11.9 Å². The third-order valence-corrected chi connectivity index (χ3v) is 5.14. The summed E-state index contributed by atoms with van der Waals surface area (Å²) in [5.74, 6) is -1.96. The summed E-state index contributed by atoms with van der Waals surface area (Å²) in [7, 11) is 0. The highest BCUT2D eigenvalue weighted by Crippen LogP contribution is 2.32. The molecule has 20 heavy (non-hydrogen) atoms. The molecule has 1 heterocycles. The van der Waals surface area contributed by atoms with Crippen LogP contribution in [-0.2, 0) is 16.0 Å². The summed E-state index contributed by atoms with van der Waals surface area (Å²) in [5.41, 5.74) is 0. The molecule has 5 nitrogen and oxygen atoms in total. The van der Waals surface area contributed by atoms with Crippen LogP contribution in [0.25, 0.3) is 0 Å². The first-order valence-electron chi connectivity index (χ1n) is 7.00. The van der Waals surface area contributed by atoms with Crippen LogP contribution in [0.5, 0.6) is 0 Å². The van der Waals surface area contributed by atoms with Crippen molar-refractivity contribution in [3.05, 3.63) is 16.1 Å². The number of rotatable bonds is 5.